The number of pyridine rings is 1. The van der Waals surface area contributed by atoms with Crippen molar-refractivity contribution in [1.82, 2.24) is 4.57 Å². The second kappa shape index (κ2) is 7.59. The van der Waals surface area contributed by atoms with Crippen molar-refractivity contribution in [3.63, 3.8) is 0 Å². The fourth-order valence-corrected chi connectivity index (χ4v) is 4.61. The van der Waals surface area contributed by atoms with Crippen LogP contribution in [-0.2, 0) is 21.1 Å². The van der Waals surface area contributed by atoms with Gasteiger partial charge in [-0.15, -0.1) is 0 Å². The van der Waals surface area contributed by atoms with Gasteiger partial charge in [0, 0.05) is 18.8 Å². The van der Waals surface area contributed by atoms with Gasteiger partial charge in [-0.1, -0.05) is 18.2 Å². The number of aromatic hydroxyl groups is 1. The summed E-state index contributed by atoms with van der Waals surface area (Å²) >= 11 is 0. The molecule has 2 aromatic carbocycles. The number of aromatic nitrogens is 1. The highest BCUT2D eigenvalue weighted by Gasteiger charge is 2.29. The molecule has 0 spiro atoms. The zero-order chi connectivity index (χ0) is 21.3. The predicted molar refractivity (Wildman–Crippen MR) is 105 cm³/mol. The number of carbonyl (C=O) groups is 1. The maximum Gasteiger partial charge on any atom is 0.343 e. The highest BCUT2D eigenvalue weighted by Crippen LogP contribution is 2.39. The lowest BCUT2D eigenvalue weighted by Gasteiger charge is -2.18. The molecule has 0 fully saturated rings. The van der Waals surface area contributed by atoms with Gasteiger partial charge in [0.05, 0.1) is 30.0 Å². The maximum absolute atomic E-state index is 13.2. The molecule has 0 saturated heterocycles. The Labute approximate surface area is 166 Å². The fraction of sp³-hybridized carbons (Fsp3) is 0.200. The molecule has 3 aromatic rings. The molecule has 3 rings (SSSR count). The van der Waals surface area contributed by atoms with Crippen LogP contribution in [0.3, 0.4) is 0 Å². The number of sulfone groups is 1. The number of hydrogen-bond acceptors (Lipinski definition) is 7. The molecule has 29 heavy (non-hydrogen) atoms. The van der Waals surface area contributed by atoms with E-state index in [4.69, 9.17) is 4.74 Å². The zero-order valence-corrected chi connectivity index (χ0v) is 16.8. The summed E-state index contributed by atoms with van der Waals surface area (Å²) in [6.45, 7) is 2.01. The van der Waals surface area contributed by atoms with Gasteiger partial charge in [0.2, 0.25) is 15.3 Å². The number of nitrogens with zero attached hydrogens (tertiary/aromatic N) is 1. The van der Waals surface area contributed by atoms with Gasteiger partial charge < -0.3 is 19.1 Å². The smallest absolute Gasteiger partial charge is 0.343 e. The number of rotatable bonds is 5. The largest absolute Gasteiger partial charge is 0.507 e. The van der Waals surface area contributed by atoms with E-state index in [0.29, 0.717) is 0 Å². The highest BCUT2D eigenvalue weighted by atomic mass is 32.2. The molecule has 152 valence electrons. The first kappa shape index (κ1) is 20.4. The van der Waals surface area contributed by atoms with E-state index < -0.39 is 27.0 Å². The third-order valence-electron chi connectivity index (χ3n) is 4.54. The average Bonchev–Trinajstić information content (AvgIpc) is 2.73. The number of ether oxygens (including phenoxy) is 2. The van der Waals surface area contributed by atoms with E-state index >= 15 is 0 Å². The van der Waals surface area contributed by atoms with Gasteiger partial charge in [-0.25, -0.2) is 13.2 Å². The van der Waals surface area contributed by atoms with Crippen LogP contribution < -0.4 is 10.2 Å². The summed E-state index contributed by atoms with van der Waals surface area (Å²) in [5.41, 5.74) is -0.990. The maximum atomic E-state index is 13.2. The Hall–Kier alpha value is -3.33. The number of fused-ring (bicyclic) bond motifs is 1. The van der Waals surface area contributed by atoms with Crippen LogP contribution in [0.5, 0.6) is 11.5 Å². The molecule has 1 heterocycles. The van der Waals surface area contributed by atoms with E-state index in [1.807, 2.05) is 0 Å². The third-order valence-corrected chi connectivity index (χ3v) is 6.31. The third kappa shape index (κ3) is 3.23. The molecule has 0 bridgehead atoms. The lowest BCUT2D eigenvalue weighted by molar-refractivity contribution is 0.0598. The molecule has 0 amide bonds. The number of aryl methyl sites for hydroxylation is 1. The van der Waals surface area contributed by atoms with Gasteiger partial charge in [-0.3, -0.25) is 4.79 Å². The van der Waals surface area contributed by atoms with Gasteiger partial charge in [0.15, 0.2) is 5.75 Å². The van der Waals surface area contributed by atoms with Crippen molar-refractivity contribution in [3.8, 4) is 11.5 Å². The SMILES string of the molecule is CCn1cc(C(=O)OC)c(=O)c2c(O)cc(S(=O)(=O)c3ccccc3)c(OC)c21. The monoisotopic (exact) mass is 417 g/mol. The first-order chi connectivity index (χ1) is 13.8. The lowest BCUT2D eigenvalue weighted by Crippen LogP contribution is -2.21. The molecule has 0 radical (unpaired) electrons. The van der Waals surface area contributed by atoms with Crippen molar-refractivity contribution in [3.05, 3.63) is 58.4 Å². The quantitative estimate of drug-likeness (QED) is 0.634. The summed E-state index contributed by atoms with van der Waals surface area (Å²) in [5.74, 6) is -1.54. The Morgan fingerprint density at radius 1 is 1.17 bits per heavy atom. The van der Waals surface area contributed by atoms with Crippen LogP contribution in [0.2, 0.25) is 0 Å². The Morgan fingerprint density at radius 2 is 1.83 bits per heavy atom. The molecule has 0 aliphatic rings. The van der Waals surface area contributed by atoms with E-state index in [1.165, 1.54) is 30.0 Å². The number of carbonyl (C=O) groups excluding carboxylic acids is 1. The van der Waals surface area contributed by atoms with Gasteiger partial charge in [0.25, 0.3) is 0 Å². The minimum atomic E-state index is -4.06. The number of phenols is 1. The number of phenolic OH excluding ortho intramolecular Hbond substituents is 1. The van der Waals surface area contributed by atoms with Gasteiger partial charge >= 0.3 is 5.97 Å². The first-order valence-corrected chi connectivity index (χ1v) is 10.1. The summed E-state index contributed by atoms with van der Waals surface area (Å²) in [6, 6.07) is 8.63. The standard InChI is InChI=1S/C20H19NO7S/c1-4-21-11-13(20(24)28-3)18(23)16-14(22)10-15(19(27-2)17(16)21)29(25,26)12-8-6-5-7-9-12/h5-11,22H,4H2,1-3H3. The van der Waals surface area contributed by atoms with Crippen LogP contribution in [-0.4, -0.2) is 38.3 Å². The zero-order valence-electron chi connectivity index (χ0n) is 16.0. The Morgan fingerprint density at radius 3 is 2.38 bits per heavy atom. The van der Waals surface area contributed by atoms with Crippen LogP contribution in [0, 0.1) is 0 Å². The van der Waals surface area contributed by atoms with Crippen molar-refractivity contribution < 1.29 is 27.8 Å². The summed E-state index contributed by atoms with van der Waals surface area (Å²) in [7, 11) is -1.65. The van der Waals surface area contributed by atoms with E-state index in [2.05, 4.69) is 4.74 Å². The Kier molecular flexibility index (Phi) is 5.34. The molecule has 9 heteroatoms. The first-order valence-electron chi connectivity index (χ1n) is 8.63. The molecule has 0 saturated carbocycles. The molecule has 1 N–H and O–H groups in total. The van der Waals surface area contributed by atoms with Crippen molar-refractivity contribution in [2.24, 2.45) is 0 Å². The van der Waals surface area contributed by atoms with Crippen molar-refractivity contribution in [2.75, 3.05) is 14.2 Å². The van der Waals surface area contributed by atoms with E-state index in [9.17, 15) is 23.1 Å². The summed E-state index contributed by atoms with van der Waals surface area (Å²) in [5, 5.41) is 10.4. The van der Waals surface area contributed by atoms with Crippen LogP contribution in [0.15, 0.2) is 57.2 Å². The minimum Gasteiger partial charge on any atom is -0.507 e. The number of esters is 1. The molecular weight excluding hydrogens is 398 g/mol. The average molecular weight is 417 g/mol. The highest BCUT2D eigenvalue weighted by molar-refractivity contribution is 7.91. The van der Waals surface area contributed by atoms with Crippen molar-refractivity contribution in [1.29, 1.82) is 0 Å². The number of benzene rings is 2. The van der Waals surface area contributed by atoms with Crippen LogP contribution in [0.25, 0.3) is 10.9 Å². The number of hydrogen-bond donors (Lipinski definition) is 1. The second-order valence-corrected chi connectivity index (χ2v) is 8.03. The fourth-order valence-electron chi connectivity index (χ4n) is 3.15. The van der Waals surface area contributed by atoms with E-state index in [1.54, 1.807) is 25.1 Å². The molecule has 8 nitrogen and oxygen atoms in total. The van der Waals surface area contributed by atoms with Gasteiger partial charge in [-0.05, 0) is 19.1 Å². The molecule has 0 unspecified atom stereocenters. The van der Waals surface area contributed by atoms with Crippen molar-refractivity contribution in [2.45, 2.75) is 23.3 Å². The topological polar surface area (TPSA) is 112 Å². The summed E-state index contributed by atoms with van der Waals surface area (Å²) in [4.78, 5) is 24.5. The van der Waals surface area contributed by atoms with Gasteiger partial charge in [0.1, 0.15) is 16.2 Å². The molecule has 1 aromatic heterocycles. The summed E-state index contributed by atoms with van der Waals surface area (Å²) in [6.07, 6.45) is 1.26. The van der Waals surface area contributed by atoms with Crippen LogP contribution in [0.1, 0.15) is 17.3 Å². The predicted octanol–water partition coefficient (Wildman–Crippen LogP) is 2.36. The molecule has 0 aliphatic carbocycles. The van der Waals surface area contributed by atoms with Crippen LogP contribution in [0.4, 0.5) is 0 Å². The molecule has 0 atom stereocenters. The van der Waals surface area contributed by atoms with Crippen LogP contribution >= 0.6 is 0 Å². The lowest BCUT2D eigenvalue weighted by atomic mass is 10.1. The Balaban J connectivity index is 2.49. The summed E-state index contributed by atoms with van der Waals surface area (Å²) < 4.78 is 37.8. The Bertz CT molecular complexity index is 1260. The normalized spacial score (nSPS) is 11.4. The van der Waals surface area contributed by atoms with Crippen molar-refractivity contribution >= 4 is 26.7 Å². The second-order valence-electron chi connectivity index (χ2n) is 6.12. The number of methoxy groups -OCH3 is 2. The van der Waals surface area contributed by atoms with Gasteiger partial charge in [-0.2, -0.15) is 0 Å². The van der Waals surface area contributed by atoms with E-state index in [-0.39, 0.29) is 38.6 Å². The molecular formula is C20H19NO7S. The van der Waals surface area contributed by atoms with E-state index in [0.717, 1.165) is 13.2 Å². The minimum absolute atomic E-state index is 0.00799. The molecule has 0 aliphatic heterocycles.